The zero-order chi connectivity index (χ0) is 18.8. The number of fused-ring (bicyclic) bond motifs is 2. The molecule has 0 saturated heterocycles. The molecule has 5 aromatic heterocycles. The van der Waals surface area contributed by atoms with Crippen LogP contribution in [0.25, 0.3) is 37.1 Å². The SMILES string of the molecule is O=C1N=c2cc(-c3ccco3)sc2=C1c1c(O)[nH]c2cc(-c3ccco3)sc12. The predicted octanol–water partition coefficient (Wildman–Crippen LogP) is 3.88. The van der Waals surface area contributed by atoms with Crippen molar-refractivity contribution < 1.29 is 18.7 Å². The van der Waals surface area contributed by atoms with Crippen LogP contribution in [0.2, 0.25) is 0 Å². The smallest absolute Gasteiger partial charge is 0.279 e. The molecule has 1 amide bonds. The lowest BCUT2D eigenvalue weighted by Gasteiger charge is -1.98. The van der Waals surface area contributed by atoms with Crippen LogP contribution in [0.4, 0.5) is 0 Å². The third kappa shape index (κ3) is 2.12. The number of carbonyl (C=O) groups is 1. The third-order valence-corrected chi connectivity index (χ3v) is 6.93. The normalized spacial score (nSPS) is 13.4. The molecule has 1 aliphatic rings. The van der Waals surface area contributed by atoms with Crippen molar-refractivity contribution in [2.45, 2.75) is 0 Å². The monoisotopic (exact) mass is 406 g/mol. The van der Waals surface area contributed by atoms with Gasteiger partial charge in [0, 0.05) is 0 Å². The van der Waals surface area contributed by atoms with Crippen LogP contribution in [0, 0.1) is 0 Å². The first-order valence-electron chi connectivity index (χ1n) is 8.39. The summed E-state index contributed by atoms with van der Waals surface area (Å²) in [4.78, 5) is 21.6. The highest BCUT2D eigenvalue weighted by atomic mass is 32.1. The molecule has 0 unspecified atom stereocenters. The van der Waals surface area contributed by atoms with Crippen LogP contribution in [0.1, 0.15) is 5.56 Å². The summed E-state index contributed by atoms with van der Waals surface area (Å²) in [5.74, 6) is 1.08. The molecule has 0 atom stereocenters. The van der Waals surface area contributed by atoms with Crippen molar-refractivity contribution in [3.05, 3.63) is 64.4 Å². The van der Waals surface area contributed by atoms with Gasteiger partial charge in [0.15, 0.2) is 5.88 Å². The fourth-order valence-corrected chi connectivity index (χ4v) is 5.65. The minimum atomic E-state index is -0.351. The van der Waals surface area contributed by atoms with E-state index >= 15 is 0 Å². The van der Waals surface area contributed by atoms with Crippen LogP contribution in [-0.2, 0) is 4.79 Å². The van der Waals surface area contributed by atoms with E-state index in [1.165, 1.54) is 22.7 Å². The molecule has 0 fully saturated rings. The average molecular weight is 406 g/mol. The highest BCUT2D eigenvalue weighted by Crippen LogP contribution is 2.42. The lowest BCUT2D eigenvalue weighted by atomic mass is 10.1. The molecule has 0 aromatic carbocycles. The van der Waals surface area contributed by atoms with Gasteiger partial charge in [-0.15, -0.1) is 22.7 Å². The molecular weight excluding hydrogens is 396 g/mol. The van der Waals surface area contributed by atoms with Crippen molar-refractivity contribution in [1.82, 2.24) is 4.98 Å². The highest BCUT2D eigenvalue weighted by Gasteiger charge is 2.28. The van der Waals surface area contributed by atoms with Gasteiger partial charge in [0.25, 0.3) is 5.91 Å². The molecule has 0 saturated carbocycles. The summed E-state index contributed by atoms with van der Waals surface area (Å²) in [7, 11) is 0. The number of aromatic amines is 1. The quantitative estimate of drug-likeness (QED) is 0.476. The summed E-state index contributed by atoms with van der Waals surface area (Å²) in [6.07, 6.45) is 3.22. The van der Waals surface area contributed by atoms with Gasteiger partial charge in [-0.1, -0.05) is 0 Å². The molecule has 6 heterocycles. The summed E-state index contributed by atoms with van der Waals surface area (Å²) in [6, 6.07) is 11.1. The first kappa shape index (κ1) is 15.7. The second-order valence-corrected chi connectivity index (χ2v) is 8.38. The van der Waals surface area contributed by atoms with Crippen LogP contribution in [0.15, 0.2) is 62.8 Å². The molecule has 6 nitrogen and oxygen atoms in total. The molecule has 28 heavy (non-hydrogen) atoms. The Morgan fingerprint density at radius 1 is 1.00 bits per heavy atom. The first-order valence-corrected chi connectivity index (χ1v) is 10.0. The Kier molecular flexibility index (Phi) is 3.12. The van der Waals surface area contributed by atoms with Gasteiger partial charge in [-0.25, -0.2) is 4.99 Å². The van der Waals surface area contributed by atoms with Crippen LogP contribution >= 0.6 is 22.7 Å². The van der Waals surface area contributed by atoms with Gasteiger partial charge in [-0.05, 0) is 36.4 Å². The summed E-state index contributed by atoms with van der Waals surface area (Å²) in [5.41, 5.74) is 1.65. The highest BCUT2D eigenvalue weighted by molar-refractivity contribution is 7.22. The fraction of sp³-hybridized carbons (Fsp3) is 0. The van der Waals surface area contributed by atoms with Gasteiger partial charge in [0.05, 0.1) is 53.5 Å². The van der Waals surface area contributed by atoms with E-state index in [0.717, 1.165) is 36.0 Å². The minimum absolute atomic E-state index is 0.0356. The number of furan rings is 2. The Labute approximate surface area is 164 Å². The zero-order valence-corrected chi connectivity index (χ0v) is 15.7. The molecule has 0 bridgehead atoms. The summed E-state index contributed by atoms with van der Waals surface area (Å²) in [6.45, 7) is 0. The van der Waals surface area contributed by atoms with E-state index in [9.17, 15) is 9.90 Å². The number of nitrogens with zero attached hydrogens (tertiary/aromatic N) is 1. The van der Waals surface area contributed by atoms with Crippen molar-refractivity contribution in [3.63, 3.8) is 0 Å². The van der Waals surface area contributed by atoms with E-state index < -0.39 is 0 Å². The van der Waals surface area contributed by atoms with Gasteiger partial charge in [-0.2, -0.15) is 0 Å². The Hall–Kier alpha value is -3.36. The molecule has 8 heteroatoms. The topological polar surface area (TPSA) is 91.7 Å². The van der Waals surface area contributed by atoms with Gasteiger partial charge < -0.3 is 18.9 Å². The predicted molar refractivity (Wildman–Crippen MR) is 106 cm³/mol. The number of hydrogen-bond acceptors (Lipinski definition) is 6. The lowest BCUT2D eigenvalue weighted by Crippen LogP contribution is -2.15. The second-order valence-electron chi connectivity index (χ2n) is 6.27. The average Bonchev–Trinajstić information content (AvgIpc) is 3.46. The molecule has 0 radical (unpaired) electrons. The van der Waals surface area contributed by atoms with Crippen LogP contribution in [0.3, 0.4) is 0 Å². The van der Waals surface area contributed by atoms with Crippen molar-refractivity contribution in [1.29, 1.82) is 0 Å². The van der Waals surface area contributed by atoms with E-state index in [4.69, 9.17) is 8.83 Å². The Morgan fingerprint density at radius 3 is 2.39 bits per heavy atom. The van der Waals surface area contributed by atoms with E-state index in [-0.39, 0.29) is 11.8 Å². The Balaban J connectivity index is 1.61. The molecule has 136 valence electrons. The van der Waals surface area contributed by atoms with Gasteiger partial charge in [0.1, 0.15) is 11.5 Å². The fourth-order valence-electron chi connectivity index (χ4n) is 3.41. The Bertz CT molecular complexity index is 1480. The third-order valence-electron chi connectivity index (χ3n) is 4.60. The van der Waals surface area contributed by atoms with E-state index in [1.54, 1.807) is 12.5 Å². The number of amides is 1. The summed E-state index contributed by atoms with van der Waals surface area (Å²) < 4.78 is 12.5. The lowest BCUT2D eigenvalue weighted by molar-refractivity contribution is -0.112. The number of nitrogens with one attached hydrogen (secondary N) is 1. The summed E-state index contributed by atoms with van der Waals surface area (Å²) in [5, 5.41) is 11.1. The van der Waals surface area contributed by atoms with E-state index in [0.29, 0.717) is 16.5 Å². The Morgan fingerprint density at radius 2 is 1.71 bits per heavy atom. The number of aromatic hydroxyl groups is 1. The zero-order valence-electron chi connectivity index (χ0n) is 14.1. The van der Waals surface area contributed by atoms with Crippen LogP contribution in [-0.4, -0.2) is 16.0 Å². The largest absolute Gasteiger partial charge is 0.494 e. The van der Waals surface area contributed by atoms with Crippen molar-refractivity contribution >= 4 is 44.4 Å². The first-order chi connectivity index (χ1) is 13.7. The standard InChI is InChI=1S/C20H10N2O4S2/c23-19-15(17-9(21-19)7-13(27-17)11-3-1-5-25-11)16-18-10(22-20(16)24)8-14(28-18)12-4-2-6-26-12/h1-8,21,23H. The maximum Gasteiger partial charge on any atom is 0.279 e. The van der Waals surface area contributed by atoms with Gasteiger partial charge in [0.2, 0.25) is 0 Å². The molecule has 5 aromatic rings. The van der Waals surface area contributed by atoms with Crippen molar-refractivity contribution in [3.8, 4) is 27.2 Å². The molecule has 1 aliphatic heterocycles. The number of carbonyl (C=O) groups excluding carboxylic acids is 1. The molecule has 0 aliphatic carbocycles. The van der Waals surface area contributed by atoms with Crippen LogP contribution < -0.4 is 9.89 Å². The van der Waals surface area contributed by atoms with E-state index in [1.807, 2.05) is 36.4 Å². The van der Waals surface area contributed by atoms with Gasteiger partial charge >= 0.3 is 0 Å². The maximum absolute atomic E-state index is 12.7. The number of hydrogen-bond donors (Lipinski definition) is 2. The van der Waals surface area contributed by atoms with Gasteiger partial charge in [-0.3, -0.25) is 4.79 Å². The molecule has 6 rings (SSSR count). The number of H-pyrrole nitrogens is 1. The number of rotatable bonds is 3. The summed E-state index contributed by atoms with van der Waals surface area (Å²) >= 11 is 2.88. The van der Waals surface area contributed by atoms with Crippen molar-refractivity contribution in [2.24, 2.45) is 4.99 Å². The van der Waals surface area contributed by atoms with Crippen molar-refractivity contribution in [2.75, 3.05) is 0 Å². The second kappa shape index (κ2) is 5.57. The molecular formula is C20H10N2O4S2. The minimum Gasteiger partial charge on any atom is -0.494 e. The molecule has 0 spiro atoms. The maximum atomic E-state index is 12.7. The van der Waals surface area contributed by atoms with Crippen LogP contribution in [0.5, 0.6) is 5.88 Å². The van der Waals surface area contributed by atoms with E-state index in [2.05, 4.69) is 9.98 Å². The number of thiophene rings is 2. The molecule has 2 N–H and O–H groups in total. The number of aromatic nitrogens is 1.